The van der Waals surface area contributed by atoms with E-state index in [4.69, 9.17) is 4.74 Å². The minimum Gasteiger partial charge on any atom is -0.378 e. The molecule has 0 bridgehead atoms. The van der Waals surface area contributed by atoms with Crippen LogP contribution in [0.5, 0.6) is 0 Å². The van der Waals surface area contributed by atoms with E-state index in [0.29, 0.717) is 6.10 Å². The standard InChI is InChI=1S/C8H14O/c1-3-7-4-2-6-9-8(7)5-1/h7-8H,1-6H2/t7-,8+/m0/s1. The summed E-state index contributed by atoms with van der Waals surface area (Å²) in [5.41, 5.74) is 0. The third-order valence-corrected chi connectivity index (χ3v) is 2.64. The molecule has 1 heterocycles. The fourth-order valence-electron chi connectivity index (χ4n) is 2.13. The second-order valence-corrected chi connectivity index (χ2v) is 3.24. The van der Waals surface area contributed by atoms with Crippen molar-refractivity contribution in [3.05, 3.63) is 0 Å². The van der Waals surface area contributed by atoms with Gasteiger partial charge in [-0.25, -0.2) is 0 Å². The molecule has 0 amide bonds. The van der Waals surface area contributed by atoms with E-state index < -0.39 is 0 Å². The summed E-state index contributed by atoms with van der Waals surface area (Å²) in [7, 11) is 0. The van der Waals surface area contributed by atoms with Crippen LogP contribution in [-0.4, -0.2) is 12.7 Å². The zero-order chi connectivity index (χ0) is 6.10. The third kappa shape index (κ3) is 0.983. The lowest BCUT2D eigenvalue weighted by Crippen LogP contribution is -2.23. The summed E-state index contributed by atoms with van der Waals surface area (Å²) in [5.74, 6) is 0.943. The van der Waals surface area contributed by atoms with E-state index in [1.54, 1.807) is 0 Å². The first-order chi connectivity index (χ1) is 4.47. The average Bonchev–Trinajstić information content (AvgIpc) is 2.33. The number of fused-ring (bicyclic) bond motifs is 1. The maximum Gasteiger partial charge on any atom is 0.0603 e. The predicted molar refractivity (Wildman–Crippen MR) is 36.3 cm³/mol. The minimum atomic E-state index is 0.666. The second-order valence-electron chi connectivity index (χ2n) is 3.24. The Morgan fingerprint density at radius 3 is 2.78 bits per heavy atom. The van der Waals surface area contributed by atoms with Crippen LogP contribution < -0.4 is 0 Å². The molecule has 0 aromatic carbocycles. The van der Waals surface area contributed by atoms with Crippen LogP contribution >= 0.6 is 0 Å². The molecule has 2 aliphatic rings. The molecule has 2 fully saturated rings. The Hall–Kier alpha value is -0.0400. The van der Waals surface area contributed by atoms with Crippen molar-refractivity contribution in [2.24, 2.45) is 5.92 Å². The topological polar surface area (TPSA) is 9.23 Å². The Bertz CT molecular complexity index is 88.7. The molecular weight excluding hydrogens is 112 g/mol. The molecule has 2 rings (SSSR count). The summed E-state index contributed by atoms with van der Waals surface area (Å²) >= 11 is 0. The van der Waals surface area contributed by atoms with Gasteiger partial charge in [-0.1, -0.05) is 6.42 Å². The first kappa shape index (κ1) is 5.72. The summed E-state index contributed by atoms with van der Waals surface area (Å²) in [6, 6.07) is 0. The van der Waals surface area contributed by atoms with Gasteiger partial charge in [-0.3, -0.25) is 0 Å². The van der Waals surface area contributed by atoms with E-state index in [1.807, 2.05) is 0 Å². The van der Waals surface area contributed by atoms with Crippen molar-refractivity contribution in [3.63, 3.8) is 0 Å². The van der Waals surface area contributed by atoms with Crippen LogP contribution in [0.1, 0.15) is 32.1 Å². The normalized spacial score (nSPS) is 42.7. The van der Waals surface area contributed by atoms with E-state index in [1.165, 1.54) is 32.1 Å². The van der Waals surface area contributed by atoms with Crippen molar-refractivity contribution in [1.29, 1.82) is 0 Å². The molecule has 0 radical (unpaired) electrons. The van der Waals surface area contributed by atoms with Gasteiger partial charge in [0.15, 0.2) is 0 Å². The fourth-order valence-corrected chi connectivity index (χ4v) is 2.13. The van der Waals surface area contributed by atoms with Gasteiger partial charge in [0.2, 0.25) is 0 Å². The number of hydrogen-bond acceptors (Lipinski definition) is 1. The second kappa shape index (κ2) is 2.30. The van der Waals surface area contributed by atoms with Crippen LogP contribution in [0, 0.1) is 5.92 Å². The summed E-state index contributed by atoms with van der Waals surface area (Å²) in [6.45, 7) is 1.03. The summed E-state index contributed by atoms with van der Waals surface area (Å²) in [6.07, 6.45) is 7.59. The quantitative estimate of drug-likeness (QED) is 0.482. The van der Waals surface area contributed by atoms with Crippen LogP contribution in [0.3, 0.4) is 0 Å². The van der Waals surface area contributed by atoms with Gasteiger partial charge in [0.1, 0.15) is 0 Å². The smallest absolute Gasteiger partial charge is 0.0603 e. The maximum absolute atomic E-state index is 5.60. The van der Waals surface area contributed by atoms with E-state index in [2.05, 4.69) is 0 Å². The van der Waals surface area contributed by atoms with E-state index in [0.717, 1.165) is 12.5 Å². The Labute approximate surface area is 56.4 Å². The molecule has 0 aromatic heterocycles. The molecule has 1 aliphatic heterocycles. The van der Waals surface area contributed by atoms with Crippen molar-refractivity contribution < 1.29 is 4.74 Å². The predicted octanol–water partition coefficient (Wildman–Crippen LogP) is 1.97. The highest BCUT2D eigenvalue weighted by Crippen LogP contribution is 2.34. The maximum atomic E-state index is 5.60. The molecule has 1 saturated carbocycles. The number of hydrogen-bond donors (Lipinski definition) is 0. The van der Waals surface area contributed by atoms with Gasteiger partial charge in [-0.05, 0) is 31.6 Å². The minimum absolute atomic E-state index is 0.666. The number of rotatable bonds is 0. The van der Waals surface area contributed by atoms with Crippen LogP contribution in [0.25, 0.3) is 0 Å². The van der Waals surface area contributed by atoms with Gasteiger partial charge in [0.05, 0.1) is 6.10 Å². The number of ether oxygens (including phenoxy) is 1. The lowest BCUT2D eigenvalue weighted by molar-refractivity contribution is -0.00924. The van der Waals surface area contributed by atoms with Crippen LogP contribution in [0.2, 0.25) is 0 Å². The van der Waals surface area contributed by atoms with E-state index in [-0.39, 0.29) is 0 Å². The summed E-state index contributed by atoms with van der Waals surface area (Å²) in [4.78, 5) is 0. The van der Waals surface area contributed by atoms with Crippen molar-refractivity contribution in [3.8, 4) is 0 Å². The monoisotopic (exact) mass is 126 g/mol. The Kier molecular flexibility index (Phi) is 1.46. The Morgan fingerprint density at radius 1 is 1.00 bits per heavy atom. The van der Waals surface area contributed by atoms with Crippen molar-refractivity contribution in [2.45, 2.75) is 38.2 Å². The third-order valence-electron chi connectivity index (χ3n) is 2.64. The highest BCUT2D eigenvalue weighted by molar-refractivity contribution is 4.80. The van der Waals surface area contributed by atoms with Gasteiger partial charge in [-0.2, -0.15) is 0 Å². The lowest BCUT2D eigenvalue weighted by atomic mass is 9.98. The zero-order valence-electron chi connectivity index (χ0n) is 5.81. The molecule has 0 spiro atoms. The summed E-state index contributed by atoms with van der Waals surface area (Å²) < 4.78 is 5.60. The van der Waals surface area contributed by atoms with Crippen molar-refractivity contribution >= 4 is 0 Å². The molecule has 52 valence electrons. The van der Waals surface area contributed by atoms with Crippen LogP contribution in [-0.2, 0) is 4.74 Å². The first-order valence-electron chi connectivity index (χ1n) is 4.08. The average molecular weight is 126 g/mol. The Morgan fingerprint density at radius 2 is 1.89 bits per heavy atom. The van der Waals surface area contributed by atoms with E-state index in [9.17, 15) is 0 Å². The van der Waals surface area contributed by atoms with E-state index >= 15 is 0 Å². The zero-order valence-corrected chi connectivity index (χ0v) is 5.81. The lowest BCUT2D eigenvalue weighted by Gasteiger charge is -2.25. The van der Waals surface area contributed by atoms with Gasteiger partial charge >= 0.3 is 0 Å². The molecule has 0 aromatic rings. The molecule has 1 heteroatoms. The van der Waals surface area contributed by atoms with Crippen molar-refractivity contribution in [1.82, 2.24) is 0 Å². The molecule has 9 heavy (non-hydrogen) atoms. The molecular formula is C8H14O. The highest BCUT2D eigenvalue weighted by atomic mass is 16.5. The fraction of sp³-hybridized carbons (Fsp3) is 1.00. The summed E-state index contributed by atoms with van der Waals surface area (Å²) in [5, 5.41) is 0. The van der Waals surface area contributed by atoms with Crippen molar-refractivity contribution in [2.75, 3.05) is 6.61 Å². The Balaban J connectivity index is 1.97. The molecule has 0 N–H and O–H groups in total. The van der Waals surface area contributed by atoms with Gasteiger partial charge < -0.3 is 4.74 Å². The molecule has 2 atom stereocenters. The van der Waals surface area contributed by atoms with Gasteiger partial charge in [0.25, 0.3) is 0 Å². The van der Waals surface area contributed by atoms with Crippen LogP contribution in [0.15, 0.2) is 0 Å². The molecule has 1 nitrogen and oxygen atoms in total. The van der Waals surface area contributed by atoms with Crippen LogP contribution in [0.4, 0.5) is 0 Å². The largest absolute Gasteiger partial charge is 0.378 e. The van der Waals surface area contributed by atoms with Gasteiger partial charge in [-0.15, -0.1) is 0 Å². The molecule has 1 aliphatic carbocycles. The SMILES string of the molecule is C1CO[C@@H]2CCC[C@H]2C1. The van der Waals surface area contributed by atoms with Gasteiger partial charge in [0, 0.05) is 6.61 Å². The first-order valence-corrected chi connectivity index (χ1v) is 4.08. The molecule has 1 saturated heterocycles. The highest BCUT2D eigenvalue weighted by Gasteiger charge is 2.29. The molecule has 0 unspecified atom stereocenters.